The number of aromatic nitrogens is 5. The summed E-state index contributed by atoms with van der Waals surface area (Å²) in [5.41, 5.74) is 10.5. The second-order valence-corrected chi connectivity index (χ2v) is 11.4. The van der Waals surface area contributed by atoms with E-state index >= 15 is 0 Å². The largest absolute Gasteiger partial charge is 0.395 e. The van der Waals surface area contributed by atoms with Gasteiger partial charge < -0.3 is 30.7 Å². The van der Waals surface area contributed by atoms with Crippen molar-refractivity contribution in [2.45, 2.75) is 70.0 Å². The molecule has 4 N–H and O–H groups in total. The number of aryl methyl sites for hydroxylation is 1. The van der Waals surface area contributed by atoms with Gasteiger partial charge in [0.1, 0.15) is 16.9 Å². The first kappa shape index (κ1) is 27.3. The van der Waals surface area contributed by atoms with Crippen molar-refractivity contribution in [1.29, 1.82) is 0 Å². The molecule has 6 heterocycles. The maximum absolute atomic E-state index is 9.22. The third-order valence-electron chi connectivity index (χ3n) is 8.97. The fourth-order valence-corrected chi connectivity index (χ4v) is 6.54. The summed E-state index contributed by atoms with van der Waals surface area (Å²) >= 11 is 0. The molecule has 0 aromatic carbocycles. The highest BCUT2D eigenvalue weighted by atomic mass is 16.5. The van der Waals surface area contributed by atoms with Crippen molar-refractivity contribution >= 4 is 22.7 Å². The average Bonchev–Trinajstić information content (AvgIpc) is 3.48. The standard InChI is InChI=1S/C29H43N9O2/c1-2-25-29(33-21-7-15-40-16-8-21)35-26-24(18-31-28(30)27(26)34-25)20-17-32-38(19-20)23-5-11-37(12-6-23)22-3-9-36(10-4-22)13-14-39/h17-19,21-23,39H,2-16H2,1H3,(H2,30,31)(H,33,35). The molecule has 0 spiro atoms. The van der Waals surface area contributed by atoms with Crippen LogP contribution in [0.4, 0.5) is 11.6 Å². The molecule has 3 aromatic heterocycles. The van der Waals surface area contributed by atoms with Gasteiger partial charge >= 0.3 is 0 Å². The second kappa shape index (κ2) is 12.3. The number of β-amino-alcohol motifs (C(OH)–C–C–N with tert-alkyl or cyclic N) is 1. The lowest BCUT2D eigenvalue weighted by atomic mass is 9.98. The quantitative estimate of drug-likeness (QED) is 0.385. The SMILES string of the molecule is CCc1nc2c(N)ncc(-c3cnn(C4CCN(C5CCN(CCO)CC5)CC4)c3)c2nc1NC1CCOCC1. The van der Waals surface area contributed by atoms with E-state index in [9.17, 15) is 5.11 Å². The molecule has 0 amide bonds. The molecule has 0 radical (unpaired) electrons. The summed E-state index contributed by atoms with van der Waals surface area (Å²) in [4.78, 5) is 19.5. The van der Waals surface area contributed by atoms with Crippen LogP contribution in [0.3, 0.4) is 0 Å². The Balaban J connectivity index is 1.18. The van der Waals surface area contributed by atoms with E-state index in [1.165, 1.54) is 12.8 Å². The molecule has 0 saturated carbocycles. The number of piperidine rings is 2. The molecular weight excluding hydrogens is 506 g/mol. The summed E-state index contributed by atoms with van der Waals surface area (Å²) in [6.45, 7) is 9.06. The number of nitrogens with one attached hydrogen (secondary N) is 1. The highest BCUT2D eigenvalue weighted by Gasteiger charge is 2.29. The number of ether oxygens (including phenoxy) is 1. The van der Waals surface area contributed by atoms with E-state index < -0.39 is 0 Å². The molecule has 0 unspecified atom stereocenters. The van der Waals surface area contributed by atoms with Crippen molar-refractivity contribution in [1.82, 2.24) is 34.5 Å². The molecule has 6 rings (SSSR count). The van der Waals surface area contributed by atoms with Crippen molar-refractivity contribution in [2.24, 2.45) is 0 Å². The summed E-state index contributed by atoms with van der Waals surface area (Å²) < 4.78 is 7.67. The maximum atomic E-state index is 9.22. The van der Waals surface area contributed by atoms with Gasteiger partial charge in [-0.25, -0.2) is 15.0 Å². The molecule has 0 atom stereocenters. The van der Waals surface area contributed by atoms with E-state index in [0.717, 1.165) is 106 Å². The van der Waals surface area contributed by atoms with Gasteiger partial charge in [0.15, 0.2) is 5.82 Å². The lowest BCUT2D eigenvalue weighted by Crippen LogP contribution is -2.48. The van der Waals surface area contributed by atoms with Crippen molar-refractivity contribution in [3.63, 3.8) is 0 Å². The Morgan fingerprint density at radius 1 is 0.975 bits per heavy atom. The van der Waals surface area contributed by atoms with Gasteiger partial charge in [-0.1, -0.05) is 6.92 Å². The minimum Gasteiger partial charge on any atom is -0.395 e. The molecule has 40 heavy (non-hydrogen) atoms. The number of anilines is 2. The Morgan fingerprint density at radius 2 is 1.73 bits per heavy atom. The topological polar surface area (TPSA) is 130 Å². The Kier molecular flexibility index (Phi) is 8.43. The zero-order chi connectivity index (χ0) is 27.5. The predicted molar refractivity (Wildman–Crippen MR) is 156 cm³/mol. The fourth-order valence-electron chi connectivity index (χ4n) is 6.54. The Labute approximate surface area is 236 Å². The number of fused-ring (bicyclic) bond motifs is 1. The zero-order valence-corrected chi connectivity index (χ0v) is 23.6. The van der Waals surface area contributed by atoms with Gasteiger partial charge in [-0.3, -0.25) is 4.68 Å². The van der Waals surface area contributed by atoms with Crippen molar-refractivity contribution in [2.75, 3.05) is 63.6 Å². The number of nitrogen functional groups attached to an aromatic ring is 1. The smallest absolute Gasteiger partial charge is 0.151 e. The van der Waals surface area contributed by atoms with Gasteiger partial charge in [0.2, 0.25) is 0 Å². The number of rotatable bonds is 8. The number of hydrogen-bond acceptors (Lipinski definition) is 10. The van der Waals surface area contributed by atoms with Gasteiger partial charge in [-0.05, 0) is 58.0 Å². The molecule has 3 fully saturated rings. The van der Waals surface area contributed by atoms with Crippen LogP contribution >= 0.6 is 0 Å². The lowest BCUT2D eigenvalue weighted by molar-refractivity contribution is 0.0710. The third-order valence-corrected chi connectivity index (χ3v) is 8.97. The van der Waals surface area contributed by atoms with Crippen LogP contribution in [-0.4, -0.2) is 104 Å². The molecular formula is C29H43N9O2. The Hall–Kier alpha value is -2.86. The van der Waals surface area contributed by atoms with Gasteiger partial charge in [0, 0.05) is 68.5 Å². The van der Waals surface area contributed by atoms with Crippen molar-refractivity contribution in [3.8, 4) is 11.1 Å². The molecule has 3 aromatic rings. The van der Waals surface area contributed by atoms with Crippen molar-refractivity contribution < 1.29 is 9.84 Å². The van der Waals surface area contributed by atoms with E-state index in [1.807, 2.05) is 12.4 Å². The molecule has 0 aliphatic carbocycles. The molecule has 3 aliphatic heterocycles. The molecule has 216 valence electrons. The number of pyridine rings is 1. The van der Waals surface area contributed by atoms with Crippen LogP contribution in [0.2, 0.25) is 0 Å². The van der Waals surface area contributed by atoms with Gasteiger partial charge in [-0.2, -0.15) is 5.10 Å². The van der Waals surface area contributed by atoms with Crippen LogP contribution < -0.4 is 11.1 Å². The molecule has 11 heteroatoms. The summed E-state index contributed by atoms with van der Waals surface area (Å²) in [6, 6.07) is 1.37. The van der Waals surface area contributed by atoms with E-state index in [4.69, 9.17) is 25.5 Å². The van der Waals surface area contributed by atoms with Gasteiger partial charge in [-0.15, -0.1) is 0 Å². The van der Waals surface area contributed by atoms with Gasteiger partial charge in [0.05, 0.1) is 24.5 Å². The summed E-state index contributed by atoms with van der Waals surface area (Å²) in [5.74, 6) is 1.23. The molecule has 3 aliphatic rings. The highest BCUT2D eigenvalue weighted by molar-refractivity contribution is 5.96. The second-order valence-electron chi connectivity index (χ2n) is 11.4. The van der Waals surface area contributed by atoms with Crippen LogP contribution in [0.15, 0.2) is 18.6 Å². The number of aliphatic hydroxyl groups is 1. The molecule has 11 nitrogen and oxygen atoms in total. The first-order chi connectivity index (χ1) is 19.6. The normalized spacial score (nSPS) is 20.9. The Morgan fingerprint density at radius 3 is 2.45 bits per heavy atom. The van der Waals surface area contributed by atoms with E-state index in [-0.39, 0.29) is 6.61 Å². The summed E-state index contributed by atoms with van der Waals surface area (Å²) in [5, 5.41) is 17.6. The van der Waals surface area contributed by atoms with Crippen LogP contribution in [-0.2, 0) is 11.2 Å². The molecule has 3 saturated heterocycles. The summed E-state index contributed by atoms with van der Waals surface area (Å²) in [6.07, 6.45) is 13.1. The summed E-state index contributed by atoms with van der Waals surface area (Å²) in [7, 11) is 0. The first-order valence-electron chi connectivity index (χ1n) is 15.0. The number of likely N-dealkylation sites (tertiary alicyclic amines) is 2. The van der Waals surface area contributed by atoms with Crippen LogP contribution in [0.5, 0.6) is 0 Å². The first-order valence-corrected chi connectivity index (χ1v) is 15.0. The lowest BCUT2D eigenvalue weighted by Gasteiger charge is -2.41. The number of nitrogens with two attached hydrogens (primary N) is 1. The highest BCUT2D eigenvalue weighted by Crippen LogP contribution is 2.33. The van der Waals surface area contributed by atoms with Crippen LogP contribution in [0.1, 0.15) is 57.2 Å². The fraction of sp³-hybridized carbons (Fsp3) is 0.655. The number of aliphatic hydroxyl groups excluding tert-OH is 1. The molecule has 0 bridgehead atoms. The minimum absolute atomic E-state index is 0.255. The van der Waals surface area contributed by atoms with E-state index in [0.29, 0.717) is 29.5 Å². The van der Waals surface area contributed by atoms with Gasteiger partial charge in [0.25, 0.3) is 0 Å². The van der Waals surface area contributed by atoms with E-state index in [1.54, 1.807) is 0 Å². The van der Waals surface area contributed by atoms with E-state index in [2.05, 4.69) is 37.9 Å². The number of nitrogens with zero attached hydrogens (tertiary/aromatic N) is 7. The van der Waals surface area contributed by atoms with Crippen LogP contribution in [0, 0.1) is 0 Å². The third kappa shape index (κ3) is 5.79. The monoisotopic (exact) mass is 549 g/mol. The predicted octanol–water partition coefficient (Wildman–Crippen LogP) is 2.72. The van der Waals surface area contributed by atoms with Crippen LogP contribution in [0.25, 0.3) is 22.2 Å². The minimum atomic E-state index is 0.255. The van der Waals surface area contributed by atoms with Crippen molar-refractivity contribution in [3.05, 3.63) is 24.3 Å². The average molecular weight is 550 g/mol. The maximum Gasteiger partial charge on any atom is 0.151 e. The zero-order valence-electron chi connectivity index (χ0n) is 23.6. The number of hydrogen-bond donors (Lipinski definition) is 3. The Bertz CT molecular complexity index is 1280.